The van der Waals surface area contributed by atoms with Crippen molar-refractivity contribution in [2.75, 3.05) is 32.7 Å². The molecule has 2 heterocycles. The minimum Gasteiger partial charge on any atom is -0.355 e. The fraction of sp³-hybridized carbons (Fsp3) is 0.882. The summed E-state index contributed by atoms with van der Waals surface area (Å²) in [4.78, 5) is 26.6. The van der Waals surface area contributed by atoms with E-state index < -0.39 is 0 Å². The SMILES string of the molecule is CC(C)(C)C(=O)NCC1CCCN(C(=O)C2CCCNC2)C1.Cl. The quantitative estimate of drug-likeness (QED) is 0.820. The largest absolute Gasteiger partial charge is 0.355 e. The van der Waals surface area contributed by atoms with Crippen molar-refractivity contribution in [2.24, 2.45) is 17.3 Å². The molecule has 2 fully saturated rings. The number of halogens is 1. The van der Waals surface area contributed by atoms with E-state index in [0.717, 1.165) is 51.9 Å². The third-order valence-electron chi connectivity index (χ3n) is 4.71. The van der Waals surface area contributed by atoms with Crippen molar-refractivity contribution >= 4 is 24.2 Å². The Morgan fingerprint density at radius 3 is 2.57 bits per heavy atom. The van der Waals surface area contributed by atoms with E-state index in [1.807, 2.05) is 25.7 Å². The zero-order valence-electron chi connectivity index (χ0n) is 14.7. The molecule has 2 amide bonds. The Morgan fingerprint density at radius 2 is 1.96 bits per heavy atom. The third-order valence-corrected chi connectivity index (χ3v) is 4.71. The summed E-state index contributed by atoms with van der Waals surface area (Å²) in [6.45, 7) is 9.98. The van der Waals surface area contributed by atoms with E-state index in [4.69, 9.17) is 0 Å². The number of carbonyl (C=O) groups is 2. The molecule has 2 unspecified atom stereocenters. The molecule has 0 aromatic heterocycles. The van der Waals surface area contributed by atoms with Gasteiger partial charge in [-0.2, -0.15) is 0 Å². The first-order chi connectivity index (χ1) is 10.4. The first-order valence-corrected chi connectivity index (χ1v) is 8.65. The second-order valence-corrected chi connectivity index (χ2v) is 7.80. The first kappa shape index (κ1) is 20.2. The van der Waals surface area contributed by atoms with Crippen LogP contribution < -0.4 is 10.6 Å². The maximum atomic E-state index is 12.6. The molecule has 0 saturated carbocycles. The van der Waals surface area contributed by atoms with E-state index in [2.05, 4.69) is 10.6 Å². The maximum Gasteiger partial charge on any atom is 0.226 e. The highest BCUT2D eigenvalue weighted by atomic mass is 35.5. The predicted octanol–water partition coefficient (Wildman–Crippen LogP) is 1.81. The molecule has 0 radical (unpaired) electrons. The topological polar surface area (TPSA) is 61.4 Å². The van der Waals surface area contributed by atoms with E-state index in [0.29, 0.717) is 18.4 Å². The lowest BCUT2D eigenvalue weighted by molar-refractivity contribution is -0.137. The van der Waals surface area contributed by atoms with Crippen LogP contribution in [0.15, 0.2) is 0 Å². The van der Waals surface area contributed by atoms with Gasteiger partial charge >= 0.3 is 0 Å². The van der Waals surface area contributed by atoms with Crippen LogP contribution in [0.25, 0.3) is 0 Å². The molecular formula is C17H32ClN3O2. The number of rotatable bonds is 3. The summed E-state index contributed by atoms with van der Waals surface area (Å²) in [5.74, 6) is 0.934. The van der Waals surface area contributed by atoms with Crippen molar-refractivity contribution in [1.29, 1.82) is 0 Å². The molecular weight excluding hydrogens is 314 g/mol. The number of carbonyl (C=O) groups excluding carboxylic acids is 2. The molecule has 134 valence electrons. The van der Waals surface area contributed by atoms with Crippen LogP contribution in [0.5, 0.6) is 0 Å². The fourth-order valence-electron chi connectivity index (χ4n) is 3.25. The molecule has 2 rings (SSSR count). The van der Waals surface area contributed by atoms with Crippen molar-refractivity contribution in [2.45, 2.75) is 46.5 Å². The van der Waals surface area contributed by atoms with Gasteiger partial charge in [0.15, 0.2) is 0 Å². The Labute approximate surface area is 146 Å². The second-order valence-electron chi connectivity index (χ2n) is 7.80. The lowest BCUT2D eigenvalue weighted by atomic mass is 9.92. The predicted molar refractivity (Wildman–Crippen MR) is 94.6 cm³/mol. The van der Waals surface area contributed by atoms with Gasteiger partial charge < -0.3 is 15.5 Å². The van der Waals surface area contributed by atoms with Crippen LogP contribution in [0.1, 0.15) is 46.5 Å². The highest BCUT2D eigenvalue weighted by Gasteiger charge is 2.30. The molecule has 0 aromatic rings. The zero-order chi connectivity index (χ0) is 16.2. The van der Waals surface area contributed by atoms with Gasteiger partial charge in [0.1, 0.15) is 0 Å². The average Bonchev–Trinajstić information content (AvgIpc) is 2.52. The number of hydrogen-bond acceptors (Lipinski definition) is 3. The standard InChI is InChI=1S/C17H31N3O2.ClH/c1-17(2,3)16(22)19-10-13-6-5-9-20(12-13)15(21)14-7-4-8-18-11-14;/h13-14,18H,4-12H2,1-3H3,(H,19,22);1H. The molecule has 0 aromatic carbocycles. The molecule has 0 bridgehead atoms. The van der Waals surface area contributed by atoms with Crippen LogP contribution in [0.2, 0.25) is 0 Å². The maximum absolute atomic E-state index is 12.6. The van der Waals surface area contributed by atoms with Crippen molar-refractivity contribution in [1.82, 2.24) is 15.5 Å². The number of hydrogen-bond donors (Lipinski definition) is 2. The molecule has 2 saturated heterocycles. The normalized spacial score (nSPS) is 25.4. The van der Waals surface area contributed by atoms with Gasteiger partial charge in [0, 0.05) is 31.6 Å². The number of likely N-dealkylation sites (tertiary alicyclic amines) is 1. The highest BCUT2D eigenvalue weighted by molar-refractivity contribution is 5.85. The highest BCUT2D eigenvalue weighted by Crippen LogP contribution is 2.21. The van der Waals surface area contributed by atoms with Gasteiger partial charge in [0.05, 0.1) is 5.92 Å². The van der Waals surface area contributed by atoms with E-state index in [1.54, 1.807) is 0 Å². The third kappa shape index (κ3) is 5.96. The van der Waals surface area contributed by atoms with E-state index in [-0.39, 0.29) is 29.6 Å². The summed E-state index contributed by atoms with van der Waals surface area (Å²) < 4.78 is 0. The molecule has 2 aliphatic heterocycles. The van der Waals surface area contributed by atoms with Gasteiger partial charge in [0.2, 0.25) is 11.8 Å². The molecule has 0 spiro atoms. The van der Waals surface area contributed by atoms with E-state index in [1.165, 1.54) is 0 Å². The van der Waals surface area contributed by atoms with Gasteiger partial charge in [-0.3, -0.25) is 9.59 Å². The zero-order valence-corrected chi connectivity index (χ0v) is 15.5. The van der Waals surface area contributed by atoms with E-state index >= 15 is 0 Å². The molecule has 5 nitrogen and oxygen atoms in total. The van der Waals surface area contributed by atoms with Crippen LogP contribution in [-0.4, -0.2) is 49.4 Å². The summed E-state index contributed by atoms with van der Waals surface area (Å²) in [6, 6.07) is 0. The Hall–Kier alpha value is -0.810. The van der Waals surface area contributed by atoms with Gasteiger partial charge in [-0.1, -0.05) is 20.8 Å². The number of amides is 2. The smallest absolute Gasteiger partial charge is 0.226 e. The minimum atomic E-state index is -0.349. The molecule has 2 atom stereocenters. The van der Waals surface area contributed by atoms with Crippen LogP contribution in [0, 0.1) is 17.3 Å². The van der Waals surface area contributed by atoms with E-state index in [9.17, 15) is 9.59 Å². The summed E-state index contributed by atoms with van der Waals surface area (Å²) in [7, 11) is 0. The van der Waals surface area contributed by atoms with Gasteiger partial charge in [-0.05, 0) is 38.1 Å². The van der Waals surface area contributed by atoms with Crippen molar-refractivity contribution in [3.05, 3.63) is 0 Å². The van der Waals surface area contributed by atoms with Crippen LogP contribution in [0.4, 0.5) is 0 Å². The first-order valence-electron chi connectivity index (χ1n) is 8.65. The number of nitrogens with one attached hydrogen (secondary N) is 2. The second kappa shape index (κ2) is 8.88. The number of nitrogens with zero attached hydrogens (tertiary/aromatic N) is 1. The molecule has 2 N–H and O–H groups in total. The van der Waals surface area contributed by atoms with Crippen LogP contribution in [0.3, 0.4) is 0 Å². The lowest BCUT2D eigenvalue weighted by Crippen LogP contribution is -2.49. The minimum absolute atomic E-state index is 0. The molecule has 6 heteroatoms. The summed E-state index contributed by atoms with van der Waals surface area (Å²) in [5.41, 5.74) is -0.349. The van der Waals surface area contributed by atoms with Crippen molar-refractivity contribution in [3.8, 4) is 0 Å². The van der Waals surface area contributed by atoms with Crippen LogP contribution >= 0.6 is 12.4 Å². The summed E-state index contributed by atoms with van der Waals surface area (Å²) in [6.07, 6.45) is 4.24. The number of piperidine rings is 2. The molecule has 0 aliphatic carbocycles. The Morgan fingerprint density at radius 1 is 1.22 bits per heavy atom. The van der Waals surface area contributed by atoms with Gasteiger partial charge in [-0.25, -0.2) is 0 Å². The summed E-state index contributed by atoms with van der Waals surface area (Å²) >= 11 is 0. The molecule has 23 heavy (non-hydrogen) atoms. The monoisotopic (exact) mass is 345 g/mol. The van der Waals surface area contributed by atoms with Crippen LogP contribution in [-0.2, 0) is 9.59 Å². The molecule has 2 aliphatic rings. The lowest BCUT2D eigenvalue weighted by Gasteiger charge is -2.36. The Kier molecular flexibility index (Phi) is 7.81. The fourth-order valence-corrected chi connectivity index (χ4v) is 3.25. The Balaban J connectivity index is 0.00000264. The van der Waals surface area contributed by atoms with Crippen molar-refractivity contribution in [3.63, 3.8) is 0 Å². The van der Waals surface area contributed by atoms with Crippen molar-refractivity contribution < 1.29 is 9.59 Å². The Bertz CT molecular complexity index is 403. The van der Waals surface area contributed by atoms with Gasteiger partial charge in [-0.15, -0.1) is 12.4 Å². The average molecular weight is 346 g/mol. The van der Waals surface area contributed by atoms with Gasteiger partial charge in [0.25, 0.3) is 0 Å². The summed E-state index contributed by atoms with van der Waals surface area (Å²) in [5, 5.41) is 6.36.